The summed E-state index contributed by atoms with van der Waals surface area (Å²) in [7, 11) is 0. The van der Waals surface area contributed by atoms with Crippen molar-refractivity contribution in [2.45, 2.75) is 24.8 Å². The molecule has 1 aliphatic rings. The van der Waals surface area contributed by atoms with Gasteiger partial charge in [-0.15, -0.1) is 0 Å². The van der Waals surface area contributed by atoms with Gasteiger partial charge in [0.15, 0.2) is 6.61 Å². The molecule has 3 nitrogen and oxygen atoms in total. The zero-order valence-electron chi connectivity index (χ0n) is 12.2. The summed E-state index contributed by atoms with van der Waals surface area (Å²) >= 11 is 5.82. The molecular weight excluding hydrogens is 298 g/mol. The molecule has 1 saturated carbocycles. The first-order valence-corrected chi connectivity index (χ1v) is 7.81. The molecule has 0 aliphatic heterocycles. The molecule has 0 heterocycles. The van der Waals surface area contributed by atoms with Gasteiger partial charge in [-0.3, -0.25) is 4.79 Å². The minimum atomic E-state index is -0.221. The van der Waals surface area contributed by atoms with E-state index in [1.54, 1.807) is 24.3 Å². The first-order chi connectivity index (χ1) is 10.7. The summed E-state index contributed by atoms with van der Waals surface area (Å²) in [6.07, 6.45) is 3.08. The zero-order valence-corrected chi connectivity index (χ0v) is 13.0. The highest BCUT2D eigenvalue weighted by Crippen LogP contribution is 2.41. The van der Waals surface area contributed by atoms with Gasteiger partial charge < -0.3 is 10.1 Å². The van der Waals surface area contributed by atoms with E-state index in [-0.39, 0.29) is 18.1 Å². The molecule has 0 radical (unpaired) electrons. The van der Waals surface area contributed by atoms with Gasteiger partial charge in [0.2, 0.25) is 0 Å². The summed E-state index contributed by atoms with van der Waals surface area (Å²) in [6.45, 7) is 0.0101. The van der Waals surface area contributed by atoms with Crippen LogP contribution in [0, 0.1) is 0 Å². The van der Waals surface area contributed by atoms with Crippen LogP contribution in [0.3, 0.4) is 0 Å². The van der Waals surface area contributed by atoms with Gasteiger partial charge in [-0.2, -0.15) is 0 Å². The molecule has 1 N–H and O–H groups in total. The predicted octanol–water partition coefficient (Wildman–Crippen LogP) is 3.91. The van der Waals surface area contributed by atoms with Gasteiger partial charge in [-0.25, -0.2) is 0 Å². The normalized spacial score (nSPS) is 15.7. The molecule has 3 rings (SSSR count). The fourth-order valence-electron chi connectivity index (χ4n) is 2.76. The van der Waals surface area contributed by atoms with Gasteiger partial charge in [0, 0.05) is 5.02 Å². The molecule has 2 aromatic carbocycles. The number of ether oxygens (including phenoxy) is 1. The Labute approximate surface area is 135 Å². The van der Waals surface area contributed by atoms with E-state index >= 15 is 0 Å². The number of rotatable bonds is 5. The van der Waals surface area contributed by atoms with Crippen LogP contribution in [0.2, 0.25) is 5.02 Å². The third kappa shape index (κ3) is 3.25. The predicted molar refractivity (Wildman–Crippen MR) is 87.1 cm³/mol. The van der Waals surface area contributed by atoms with Crippen molar-refractivity contribution in [1.29, 1.82) is 0 Å². The molecule has 22 heavy (non-hydrogen) atoms. The third-order valence-corrected chi connectivity index (χ3v) is 4.35. The molecule has 1 amide bonds. The SMILES string of the molecule is O=C(COc1ccc(Cl)cc1)NC1(c2ccccc2)CCC1. The van der Waals surface area contributed by atoms with Crippen molar-refractivity contribution in [2.24, 2.45) is 0 Å². The van der Waals surface area contributed by atoms with E-state index in [1.807, 2.05) is 18.2 Å². The van der Waals surface area contributed by atoms with Gasteiger partial charge in [-0.1, -0.05) is 41.9 Å². The van der Waals surface area contributed by atoms with E-state index in [9.17, 15) is 4.79 Å². The van der Waals surface area contributed by atoms with E-state index in [0.717, 1.165) is 19.3 Å². The average molecular weight is 316 g/mol. The Hall–Kier alpha value is -2.00. The Kier molecular flexibility index (Phi) is 4.34. The molecule has 0 spiro atoms. The molecule has 0 unspecified atom stereocenters. The van der Waals surface area contributed by atoms with E-state index in [0.29, 0.717) is 10.8 Å². The summed E-state index contributed by atoms with van der Waals surface area (Å²) < 4.78 is 5.50. The number of benzene rings is 2. The number of hydrogen-bond donors (Lipinski definition) is 1. The average Bonchev–Trinajstić information content (AvgIpc) is 2.51. The quantitative estimate of drug-likeness (QED) is 0.908. The number of hydrogen-bond acceptors (Lipinski definition) is 2. The Morgan fingerprint density at radius 1 is 1.09 bits per heavy atom. The molecule has 1 aliphatic carbocycles. The van der Waals surface area contributed by atoms with Crippen LogP contribution in [0.25, 0.3) is 0 Å². The van der Waals surface area contributed by atoms with Crippen molar-refractivity contribution in [3.8, 4) is 5.75 Å². The van der Waals surface area contributed by atoms with Gasteiger partial charge in [0.1, 0.15) is 5.75 Å². The van der Waals surface area contributed by atoms with Crippen LogP contribution in [0.1, 0.15) is 24.8 Å². The minimum Gasteiger partial charge on any atom is -0.484 e. The molecule has 0 atom stereocenters. The van der Waals surface area contributed by atoms with Crippen LogP contribution in [0.15, 0.2) is 54.6 Å². The van der Waals surface area contributed by atoms with Gasteiger partial charge in [-0.05, 0) is 49.1 Å². The highest BCUT2D eigenvalue weighted by atomic mass is 35.5. The molecule has 2 aromatic rings. The smallest absolute Gasteiger partial charge is 0.258 e. The number of carbonyl (C=O) groups excluding carboxylic acids is 1. The molecule has 0 aromatic heterocycles. The summed E-state index contributed by atoms with van der Waals surface area (Å²) in [4.78, 5) is 12.2. The van der Waals surface area contributed by atoms with Gasteiger partial charge >= 0.3 is 0 Å². The van der Waals surface area contributed by atoms with E-state index in [1.165, 1.54) is 5.56 Å². The van der Waals surface area contributed by atoms with E-state index in [2.05, 4.69) is 17.4 Å². The van der Waals surface area contributed by atoms with Crippen molar-refractivity contribution in [1.82, 2.24) is 5.32 Å². The monoisotopic (exact) mass is 315 g/mol. The highest BCUT2D eigenvalue weighted by molar-refractivity contribution is 6.30. The summed E-state index contributed by atoms with van der Waals surface area (Å²) in [5, 5.41) is 3.79. The maximum atomic E-state index is 12.2. The molecular formula is C18H18ClNO2. The fraction of sp³-hybridized carbons (Fsp3) is 0.278. The third-order valence-electron chi connectivity index (χ3n) is 4.10. The largest absolute Gasteiger partial charge is 0.484 e. The number of nitrogens with one attached hydrogen (secondary N) is 1. The second-order valence-corrected chi connectivity index (χ2v) is 6.03. The lowest BCUT2D eigenvalue weighted by atomic mass is 9.72. The Balaban J connectivity index is 1.60. The van der Waals surface area contributed by atoms with Crippen molar-refractivity contribution < 1.29 is 9.53 Å². The Morgan fingerprint density at radius 3 is 2.36 bits per heavy atom. The van der Waals surface area contributed by atoms with Crippen LogP contribution < -0.4 is 10.1 Å². The van der Waals surface area contributed by atoms with Crippen LogP contribution >= 0.6 is 11.6 Å². The topological polar surface area (TPSA) is 38.3 Å². The second-order valence-electron chi connectivity index (χ2n) is 5.59. The highest BCUT2D eigenvalue weighted by Gasteiger charge is 2.39. The summed E-state index contributed by atoms with van der Waals surface area (Å²) in [6, 6.07) is 17.1. The molecule has 1 fully saturated rings. The van der Waals surface area contributed by atoms with Crippen LogP contribution in [0.5, 0.6) is 5.75 Å². The summed E-state index contributed by atoms with van der Waals surface area (Å²) in [5.74, 6) is 0.542. The fourth-order valence-corrected chi connectivity index (χ4v) is 2.88. The lowest BCUT2D eigenvalue weighted by molar-refractivity contribution is -0.126. The van der Waals surface area contributed by atoms with Crippen LogP contribution in [0.4, 0.5) is 0 Å². The molecule has 0 bridgehead atoms. The molecule has 114 valence electrons. The first-order valence-electron chi connectivity index (χ1n) is 7.43. The lowest BCUT2D eigenvalue weighted by Gasteiger charge is -2.43. The van der Waals surface area contributed by atoms with Crippen molar-refractivity contribution in [3.05, 3.63) is 65.2 Å². The minimum absolute atomic E-state index is 0.0101. The van der Waals surface area contributed by atoms with E-state index < -0.39 is 0 Å². The lowest BCUT2D eigenvalue weighted by Crippen LogP contribution is -2.52. The van der Waals surface area contributed by atoms with Crippen molar-refractivity contribution in [3.63, 3.8) is 0 Å². The van der Waals surface area contributed by atoms with Crippen molar-refractivity contribution in [2.75, 3.05) is 6.61 Å². The Morgan fingerprint density at radius 2 is 1.77 bits per heavy atom. The zero-order chi connectivity index (χ0) is 15.4. The van der Waals surface area contributed by atoms with Gasteiger partial charge in [0.05, 0.1) is 5.54 Å². The number of carbonyl (C=O) groups is 1. The number of halogens is 1. The van der Waals surface area contributed by atoms with Crippen LogP contribution in [-0.4, -0.2) is 12.5 Å². The summed E-state index contributed by atoms with van der Waals surface area (Å²) in [5.41, 5.74) is 0.947. The molecule has 0 saturated heterocycles. The van der Waals surface area contributed by atoms with Gasteiger partial charge in [0.25, 0.3) is 5.91 Å². The maximum Gasteiger partial charge on any atom is 0.258 e. The maximum absolute atomic E-state index is 12.2. The van der Waals surface area contributed by atoms with Crippen LogP contribution in [-0.2, 0) is 10.3 Å². The second kappa shape index (κ2) is 6.41. The Bertz CT molecular complexity index is 636. The molecule has 4 heteroatoms. The first kappa shape index (κ1) is 14.9. The van der Waals surface area contributed by atoms with Crippen molar-refractivity contribution >= 4 is 17.5 Å². The standard InChI is InChI=1S/C18H18ClNO2/c19-15-7-9-16(10-8-15)22-13-17(21)20-18(11-4-12-18)14-5-2-1-3-6-14/h1-3,5-10H,4,11-13H2,(H,20,21). The van der Waals surface area contributed by atoms with E-state index in [4.69, 9.17) is 16.3 Å². The number of amides is 1.